The van der Waals surface area contributed by atoms with Crippen molar-refractivity contribution in [2.75, 3.05) is 0 Å². The van der Waals surface area contributed by atoms with Crippen molar-refractivity contribution in [3.8, 4) is 0 Å². The molecule has 0 aliphatic carbocycles. The lowest BCUT2D eigenvalue weighted by atomic mass is 10.2. The van der Waals surface area contributed by atoms with Gasteiger partial charge in [0, 0.05) is 23.0 Å². The Morgan fingerprint density at radius 1 is 1.28 bits per heavy atom. The lowest BCUT2D eigenvalue weighted by Gasteiger charge is -2.05. The summed E-state index contributed by atoms with van der Waals surface area (Å²) in [5, 5.41) is 4.61. The molecule has 0 unspecified atom stereocenters. The molecule has 2 rings (SSSR count). The van der Waals surface area contributed by atoms with Gasteiger partial charge in [-0.2, -0.15) is 0 Å². The molecule has 0 bridgehead atoms. The van der Waals surface area contributed by atoms with Crippen LogP contribution in [0.2, 0.25) is 10.0 Å². The highest BCUT2D eigenvalue weighted by molar-refractivity contribution is 6.33. The van der Waals surface area contributed by atoms with E-state index in [4.69, 9.17) is 27.6 Å². The number of benzene rings is 1. The zero-order valence-electron chi connectivity index (χ0n) is 10.0. The summed E-state index contributed by atoms with van der Waals surface area (Å²) in [6.07, 6.45) is 2.61. The highest BCUT2D eigenvalue weighted by Crippen LogP contribution is 2.20. The predicted octanol–water partition coefficient (Wildman–Crippen LogP) is 3.83. The largest absolute Gasteiger partial charge is 0.444 e. The molecule has 0 fully saturated rings. The Labute approximate surface area is 116 Å². The first-order chi connectivity index (χ1) is 8.69. The van der Waals surface area contributed by atoms with Gasteiger partial charge in [-0.15, -0.1) is 0 Å². The minimum atomic E-state index is 0.572. The number of aromatic nitrogens is 1. The van der Waals surface area contributed by atoms with Crippen LogP contribution in [0, 0.1) is 0 Å². The van der Waals surface area contributed by atoms with Gasteiger partial charge in [0.25, 0.3) is 0 Å². The van der Waals surface area contributed by atoms with Crippen LogP contribution in [0.25, 0.3) is 0 Å². The third-order valence-corrected chi connectivity index (χ3v) is 3.15. The van der Waals surface area contributed by atoms with E-state index in [9.17, 15) is 0 Å². The summed E-state index contributed by atoms with van der Waals surface area (Å²) in [6.45, 7) is 3.23. The summed E-state index contributed by atoms with van der Waals surface area (Å²) in [6, 6.07) is 5.42. The van der Waals surface area contributed by atoms with E-state index in [1.165, 1.54) is 0 Å². The molecule has 0 aliphatic heterocycles. The minimum Gasteiger partial charge on any atom is -0.444 e. The van der Waals surface area contributed by atoms with Crippen molar-refractivity contribution in [3.05, 3.63) is 51.7 Å². The van der Waals surface area contributed by atoms with Crippen LogP contribution < -0.4 is 5.32 Å². The molecule has 0 saturated carbocycles. The van der Waals surface area contributed by atoms with E-state index in [0.29, 0.717) is 29.0 Å². The van der Waals surface area contributed by atoms with Gasteiger partial charge < -0.3 is 9.73 Å². The van der Waals surface area contributed by atoms with Gasteiger partial charge in [0.1, 0.15) is 5.76 Å². The number of oxazole rings is 1. The van der Waals surface area contributed by atoms with Crippen LogP contribution >= 0.6 is 23.2 Å². The summed E-state index contributed by atoms with van der Waals surface area (Å²) in [5.74, 6) is 1.58. The molecule has 1 heterocycles. The molecular formula is C13H14Cl2N2O. The van der Waals surface area contributed by atoms with Crippen LogP contribution in [0.15, 0.2) is 28.8 Å². The molecule has 96 valence electrons. The van der Waals surface area contributed by atoms with Crippen LogP contribution in [0.1, 0.15) is 24.1 Å². The molecule has 0 amide bonds. The molecule has 0 aliphatic rings. The Hall–Kier alpha value is -1.03. The van der Waals surface area contributed by atoms with Gasteiger partial charge in [-0.1, -0.05) is 30.1 Å². The smallest absolute Gasteiger partial charge is 0.208 e. The van der Waals surface area contributed by atoms with Crippen molar-refractivity contribution in [3.63, 3.8) is 0 Å². The van der Waals surface area contributed by atoms with E-state index >= 15 is 0 Å². The fourth-order valence-electron chi connectivity index (χ4n) is 1.58. The quantitative estimate of drug-likeness (QED) is 0.907. The molecule has 0 radical (unpaired) electrons. The summed E-state index contributed by atoms with van der Waals surface area (Å²) >= 11 is 12.0. The van der Waals surface area contributed by atoms with Crippen molar-refractivity contribution in [2.45, 2.75) is 26.4 Å². The van der Waals surface area contributed by atoms with E-state index in [0.717, 1.165) is 17.7 Å². The number of nitrogens with one attached hydrogen (secondary N) is 1. The van der Waals surface area contributed by atoms with Gasteiger partial charge in [-0.3, -0.25) is 0 Å². The van der Waals surface area contributed by atoms with E-state index < -0.39 is 0 Å². The normalized spacial score (nSPS) is 10.8. The van der Waals surface area contributed by atoms with E-state index in [1.807, 2.05) is 13.0 Å². The molecule has 1 aromatic heterocycles. The Morgan fingerprint density at radius 2 is 2.11 bits per heavy atom. The number of hydrogen-bond acceptors (Lipinski definition) is 3. The SMILES string of the molecule is CCc1cnc(CNCc2cc(Cl)ccc2Cl)o1. The van der Waals surface area contributed by atoms with Gasteiger partial charge >= 0.3 is 0 Å². The van der Waals surface area contributed by atoms with Crippen LogP contribution in [0.5, 0.6) is 0 Å². The Kier molecular flexibility index (Phi) is 4.64. The highest BCUT2D eigenvalue weighted by Gasteiger charge is 2.04. The first kappa shape index (κ1) is 13.4. The molecule has 0 spiro atoms. The van der Waals surface area contributed by atoms with E-state index in [-0.39, 0.29) is 0 Å². The predicted molar refractivity (Wildman–Crippen MR) is 72.9 cm³/mol. The van der Waals surface area contributed by atoms with E-state index in [1.54, 1.807) is 18.3 Å². The zero-order chi connectivity index (χ0) is 13.0. The maximum atomic E-state index is 6.07. The van der Waals surface area contributed by atoms with Crippen molar-refractivity contribution in [1.82, 2.24) is 10.3 Å². The first-order valence-corrected chi connectivity index (χ1v) is 6.53. The first-order valence-electron chi connectivity index (χ1n) is 5.77. The highest BCUT2D eigenvalue weighted by atomic mass is 35.5. The minimum absolute atomic E-state index is 0.572. The van der Waals surface area contributed by atoms with Crippen molar-refractivity contribution in [2.24, 2.45) is 0 Å². The standard InChI is InChI=1S/C13H14Cl2N2O/c1-2-11-7-17-13(18-11)8-16-6-9-5-10(14)3-4-12(9)15/h3-5,7,16H,2,6,8H2,1H3. The topological polar surface area (TPSA) is 38.1 Å². The zero-order valence-corrected chi connectivity index (χ0v) is 11.6. The molecule has 0 atom stereocenters. The maximum absolute atomic E-state index is 6.07. The molecule has 3 nitrogen and oxygen atoms in total. The third kappa shape index (κ3) is 3.48. The molecular weight excluding hydrogens is 271 g/mol. The lowest BCUT2D eigenvalue weighted by molar-refractivity contribution is 0.439. The van der Waals surface area contributed by atoms with Crippen molar-refractivity contribution < 1.29 is 4.42 Å². The average molecular weight is 285 g/mol. The summed E-state index contributed by atoms with van der Waals surface area (Å²) < 4.78 is 5.49. The van der Waals surface area contributed by atoms with Crippen LogP contribution in [-0.2, 0) is 19.5 Å². The Bertz CT molecular complexity index is 525. The summed E-state index contributed by atoms with van der Waals surface area (Å²) in [7, 11) is 0. The van der Waals surface area contributed by atoms with Crippen LogP contribution in [-0.4, -0.2) is 4.98 Å². The maximum Gasteiger partial charge on any atom is 0.208 e. The fraction of sp³-hybridized carbons (Fsp3) is 0.308. The van der Waals surface area contributed by atoms with Gasteiger partial charge in [-0.05, 0) is 23.8 Å². The molecule has 1 aromatic carbocycles. The molecule has 0 saturated heterocycles. The monoisotopic (exact) mass is 284 g/mol. The molecule has 18 heavy (non-hydrogen) atoms. The van der Waals surface area contributed by atoms with Gasteiger partial charge in [0.2, 0.25) is 5.89 Å². The molecule has 1 N–H and O–H groups in total. The molecule has 5 heteroatoms. The van der Waals surface area contributed by atoms with E-state index in [2.05, 4.69) is 10.3 Å². The second-order valence-electron chi connectivity index (χ2n) is 3.91. The van der Waals surface area contributed by atoms with Crippen molar-refractivity contribution >= 4 is 23.2 Å². The lowest BCUT2D eigenvalue weighted by Crippen LogP contribution is -2.13. The number of nitrogens with zero attached hydrogens (tertiary/aromatic N) is 1. The number of aryl methyl sites for hydroxylation is 1. The Morgan fingerprint density at radius 3 is 2.83 bits per heavy atom. The van der Waals surface area contributed by atoms with Gasteiger partial charge in [-0.25, -0.2) is 4.98 Å². The second-order valence-corrected chi connectivity index (χ2v) is 4.76. The summed E-state index contributed by atoms with van der Waals surface area (Å²) in [4.78, 5) is 4.17. The second kappa shape index (κ2) is 6.23. The average Bonchev–Trinajstić information content (AvgIpc) is 2.81. The third-order valence-electron chi connectivity index (χ3n) is 2.55. The number of rotatable bonds is 5. The molecule has 2 aromatic rings. The Balaban J connectivity index is 1.90. The fourth-order valence-corrected chi connectivity index (χ4v) is 1.96. The summed E-state index contributed by atoms with van der Waals surface area (Å²) in [5.41, 5.74) is 0.964. The van der Waals surface area contributed by atoms with Crippen molar-refractivity contribution in [1.29, 1.82) is 0 Å². The van der Waals surface area contributed by atoms with Gasteiger partial charge in [0.15, 0.2) is 0 Å². The number of halogens is 2. The number of hydrogen-bond donors (Lipinski definition) is 1. The van der Waals surface area contributed by atoms with Crippen LogP contribution in [0.3, 0.4) is 0 Å². The van der Waals surface area contributed by atoms with Crippen LogP contribution in [0.4, 0.5) is 0 Å². The van der Waals surface area contributed by atoms with Gasteiger partial charge in [0.05, 0.1) is 12.7 Å².